The minimum Gasteiger partial charge on any atom is -1.00 e. The first-order chi connectivity index (χ1) is 12.5. The van der Waals surface area contributed by atoms with Crippen LogP contribution in [0.5, 0.6) is 11.5 Å². The summed E-state index contributed by atoms with van der Waals surface area (Å²) in [5.41, 5.74) is 1.73. The monoisotopic (exact) mass is 484 g/mol. The molecule has 1 heterocycles. The summed E-state index contributed by atoms with van der Waals surface area (Å²) in [5, 5.41) is 0.845. The fourth-order valence-electron chi connectivity index (χ4n) is 2.91. The van der Waals surface area contributed by atoms with Gasteiger partial charge in [0, 0.05) is 23.5 Å². The second kappa shape index (κ2) is 9.18. The van der Waals surface area contributed by atoms with E-state index in [-0.39, 0.29) is 35.3 Å². The number of hydrogen-bond donors (Lipinski definition) is 2. The number of hydrogen-bond acceptors (Lipinski definition) is 3. The molecule has 3 aromatic rings. The van der Waals surface area contributed by atoms with Gasteiger partial charge in [-0.2, -0.15) is 0 Å². The summed E-state index contributed by atoms with van der Waals surface area (Å²) in [4.78, 5) is 17.1. The van der Waals surface area contributed by atoms with Crippen LogP contribution in [0.3, 0.4) is 0 Å². The van der Waals surface area contributed by atoms with Crippen LogP contribution in [0.2, 0.25) is 0 Å². The van der Waals surface area contributed by atoms with Crippen molar-refractivity contribution in [1.82, 2.24) is 4.98 Å². The summed E-state index contributed by atoms with van der Waals surface area (Å²) in [6, 6.07) is 9.65. The molecule has 0 fully saturated rings. The zero-order valence-electron chi connectivity index (χ0n) is 15.4. The van der Waals surface area contributed by atoms with E-state index in [2.05, 4.69) is 19.1 Å². The van der Waals surface area contributed by atoms with Gasteiger partial charge in [0.1, 0.15) is 22.9 Å². The quantitative estimate of drug-likeness (QED) is 0.275. The van der Waals surface area contributed by atoms with Crippen molar-refractivity contribution in [2.75, 3.05) is 27.7 Å². The Labute approximate surface area is 174 Å². The van der Waals surface area contributed by atoms with Crippen LogP contribution >= 0.6 is 0 Å². The third-order valence-corrected chi connectivity index (χ3v) is 4.25. The Morgan fingerprint density at radius 1 is 1.15 bits per heavy atom. The van der Waals surface area contributed by atoms with Crippen molar-refractivity contribution in [2.24, 2.45) is 0 Å². The van der Waals surface area contributed by atoms with Crippen LogP contribution < -0.4 is 38.4 Å². The van der Waals surface area contributed by atoms with Crippen molar-refractivity contribution in [1.29, 1.82) is 0 Å². The van der Waals surface area contributed by atoms with Gasteiger partial charge in [0.2, 0.25) is 0 Å². The van der Waals surface area contributed by atoms with Gasteiger partial charge in [-0.15, -0.1) is 0 Å². The van der Waals surface area contributed by atoms with E-state index in [9.17, 15) is 9.18 Å². The number of quaternary nitrogens is 1. The lowest BCUT2D eigenvalue weighted by Crippen LogP contribution is -3.05. The maximum Gasteiger partial charge on any atom is 0.350 e. The molecule has 0 saturated carbocycles. The Bertz CT molecular complexity index is 940. The summed E-state index contributed by atoms with van der Waals surface area (Å²) in [6.07, 6.45) is 2.76. The van der Waals surface area contributed by atoms with E-state index in [1.165, 1.54) is 30.2 Å². The second-order valence-corrected chi connectivity index (χ2v) is 6.41. The molecule has 2 aromatic carbocycles. The molecule has 7 heteroatoms. The molecule has 3 rings (SSSR count). The summed E-state index contributed by atoms with van der Waals surface area (Å²) in [6.45, 7) is 0.941. The molecule has 5 nitrogen and oxygen atoms in total. The van der Waals surface area contributed by atoms with E-state index in [4.69, 9.17) is 9.47 Å². The SMILES string of the molecule is COc1cccc(F)c1C(=O)Oc1cccc2[nH]cc(CC[NH+](C)C)c12.[I-]. The van der Waals surface area contributed by atoms with Crippen molar-refractivity contribution in [3.05, 3.63) is 59.5 Å². The standard InChI is InChI=1S/C20H21FN2O3.HI/c1-23(2)11-10-13-12-22-15-7-5-9-17(18(13)15)26-20(24)19-14(21)6-4-8-16(19)25-3;/h4-9,12,22H,10-11H2,1-3H3;1H. The van der Waals surface area contributed by atoms with Crippen LogP contribution in [0.25, 0.3) is 10.9 Å². The highest BCUT2D eigenvalue weighted by Crippen LogP contribution is 2.31. The smallest absolute Gasteiger partial charge is 0.350 e. The van der Waals surface area contributed by atoms with Gasteiger partial charge in [0.25, 0.3) is 0 Å². The average Bonchev–Trinajstić information content (AvgIpc) is 3.03. The largest absolute Gasteiger partial charge is 1.00 e. The van der Waals surface area contributed by atoms with Crippen molar-refractivity contribution >= 4 is 16.9 Å². The van der Waals surface area contributed by atoms with Gasteiger partial charge in [0.15, 0.2) is 0 Å². The van der Waals surface area contributed by atoms with Crippen LogP contribution in [0, 0.1) is 5.82 Å². The lowest BCUT2D eigenvalue weighted by atomic mass is 10.1. The minimum absolute atomic E-state index is 0. The van der Waals surface area contributed by atoms with Gasteiger partial charge in [-0.25, -0.2) is 9.18 Å². The maximum atomic E-state index is 14.1. The fraction of sp³-hybridized carbons (Fsp3) is 0.250. The highest BCUT2D eigenvalue weighted by molar-refractivity contribution is 5.97. The van der Waals surface area contributed by atoms with Gasteiger partial charge in [-0.1, -0.05) is 12.1 Å². The Morgan fingerprint density at radius 3 is 2.56 bits per heavy atom. The first-order valence-corrected chi connectivity index (χ1v) is 8.44. The van der Waals surface area contributed by atoms with Gasteiger partial charge < -0.3 is 43.3 Å². The topological polar surface area (TPSA) is 55.8 Å². The Balaban J connectivity index is 0.00000261. The zero-order chi connectivity index (χ0) is 18.7. The van der Waals surface area contributed by atoms with Gasteiger partial charge in [-0.05, 0) is 29.8 Å². The number of halogens is 2. The molecule has 27 heavy (non-hydrogen) atoms. The zero-order valence-corrected chi connectivity index (χ0v) is 17.6. The number of aromatic amines is 1. The number of esters is 1. The molecular formula is C20H22FIN2O3. The maximum absolute atomic E-state index is 14.1. The highest BCUT2D eigenvalue weighted by Gasteiger charge is 2.21. The normalized spacial score (nSPS) is 10.7. The van der Waals surface area contributed by atoms with E-state index in [0.717, 1.165) is 29.4 Å². The van der Waals surface area contributed by atoms with Crippen molar-refractivity contribution < 1.29 is 47.5 Å². The highest BCUT2D eigenvalue weighted by atomic mass is 127. The van der Waals surface area contributed by atoms with Crippen molar-refractivity contribution in [3.63, 3.8) is 0 Å². The summed E-state index contributed by atoms with van der Waals surface area (Å²) in [5.74, 6) is -0.902. The number of H-pyrrole nitrogens is 1. The number of likely N-dealkylation sites (N-methyl/N-ethyl adjacent to an activating group) is 1. The van der Waals surface area contributed by atoms with Crippen LogP contribution in [0.4, 0.5) is 4.39 Å². The third kappa shape index (κ3) is 4.59. The molecule has 144 valence electrons. The van der Waals surface area contributed by atoms with Crippen molar-refractivity contribution in [3.8, 4) is 11.5 Å². The van der Waals surface area contributed by atoms with E-state index in [1.807, 2.05) is 12.3 Å². The fourth-order valence-corrected chi connectivity index (χ4v) is 2.91. The van der Waals surface area contributed by atoms with Crippen LogP contribution in [-0.2, 0) is 6.42 Å². The second-order valence-electron chi connectivity index (χ2n) is 6.41. The Kier molecular flexibility index (Phi) is 7.20. The summed E-state index contributed by atoms with van der Waals surface area (Å²) in [7, 11) is 5.56. The summed E-state index contributed by atoms with van der Waals surface area (Å²) < 4.78 is 24.8. The Morgan fingerprint density at radius 2 is 1.85 bits per heavy atom. The van der Waals surface area contributed by atoms with E-state index in [0.29, 0.717) is 5.75 Å². The van der Waals surface area contributed by atoms with Gasteiger partial charge >= 0.3 is 5.97 Å². The molecule has 0 aliphatic rings. The molecule has 0 atom stereocenters. The number of carbonyl (C=O) groups excluding carboxylic acids is 1. The molecule has 0 bridgehead atoms. The summed E-state index contributed by atoms with van der Waals surface area (Å²) >= 11 is 0. The van der Waals surface area contributed by atoms with E-state index in [1.54, 1.807) is 12.1 Å². The first kappa shape index (κ1) is 21.2. The number of methoxy groups -OCH3 is 1. The van der Waals surface area contributed by atoms with Gasteiger partial charge in [0.05, 0.1) is 27.7 Å². The van der Waals surface area contributed by atoms with Crippen LogP contribution in [0.1, 0.15) is 15.9 Å². The predicted molar refractivity (Wildman–Crippen MR) is 97.6 cm³/mol. The van der Waals surface area contributed by atoms with E-state index < -0.39 is 11.8 Å². The number of carbonyl (C=O) groups is 1. The number of fused-ring (bicyclic) bond motifs is 1. The molecule has 0 spiro atoms. The Hall–Kier alpha value is -2.13. The predicted octanol–water partition coefficient (Wildman–Crippen LogP) is -0.774. The van der Waals surface area contributed by atoms with Crippen LogP contribution in [-0.4, -0.2) is 38.7 Å². The molecule has 0 unspecified atom stereocenters. The number of ether oxygens (including phenoxy) is 2. The number of benzene rings is 2. The lowest BCUT2D eigenvalue weighted by Gasteiger charge is -2.11. The van der Waals surface area contributed by atoms with Gasteiger partial charge in [-0.3, -0.25) is 0 Å². The molecule has 0 amide bonds. The number of aromatic nitrogens is 1. The number of rotatable bonds is 6. The molecular weight excluding hydrogens is 462 g/mol. The first-order valence-electron chi connectivity index (χ1n) is 8.44. The lowest BCUT2D eigenvalue weighted by molar-refractivity contribution is -0.858. The number of nitrogens with one attached hydrogen (secondary N) is 2. The van der Waals surface area contributed by atoms with Crippen molar-refractivity contribution in [2.45, 2.75) is 6.42 Å². The molecule has 0 saturated heterocycles. The van der Waals surface area contributed by atoms with Crippen LogP contribution in [0.15, 0.2) is 42.6 Å². The minimum atomic E-state index is -0.780. The molecule has 2 N–H and O–H groups in total. The van der Waals surface area contributed by atoms with E-state index >= 15 is 0 Å². The molecule has 0 radical (unpaired) electrons. The molecule has 1 aromatic heterocycles. The third-order valence-electron chi connectivity index (χ3n) is 4.25. The molecule has 0 aliphatic heterocycles. The molecule has 0 aliphatic carbocycles. The average molecular weight is 484 g/mol.